The second kappa shape index (κ2) is 5.54. The normalized spacial score (nSPS) is 11.2. The summed E-state index contributed by atoms with van der Waals surface area (Å²) in [6, 6.07) is 5.42. The van der Waals surface area contributed by atoms with E-state index >= 15 is 0 Å². The van der Waals surface area contributed by atoms with Crippen molar-refractivity contribution in [1.82, 2.24) is 15.5 Å². The van der Waals surface area contributed by atoms with Gasteiger partial charge in [-0.2, -0.15) is 0 Å². The molecule has 0 aliphatic rings. The van der Waals surface area contributed by atoms with Crippen molar-refractivity contribution in [2.45, 2.75) is 33.4 Å². The average molecular weight is 265 g/mol. The lowest BCUT2D eigenvalue weighted by atomic mass is 10.1. The molecule has 18 heavy (non-hydrogen) atoms. The Morgan fingerprint density at radius 3 is 2.83 bits per heavy atom. The van der Waals surface area contributed by atoms with Gasteiger partial charge < -0.3 is 5.32 Å². The smallest absolute Gasteiger partial charge is 0.150 e. The molecule has 0 aliphatic heterocycles. The van der Waals surface area contributed by atoms with E-state index in [0.717, 1.165) is 10.6 Å². The largest absolute Gasteiger partial charge is 0.308 e. The Bertz CT molecular complexity index is 537. The van der Waals surface area contributed by atoms with Crippen LogP contribution in [0.15, 0.2) is 18.2 Å². The Morgan fingerprint density at radius 1 is 1.33 bits per heavy atom. The van der Waals surface area contributed by atoms with Gasteiger partial charge in [0.1, 0.15) is 10.8 Å². The van der Waals surface area contributed by atoms with Gasteiger partial charge in [0.25, 0.3) is 0 Å². The van der Waals surface area contributed by atoms with Gasteiger partial charge in [-0.1, -0.05) is 36.8 Å². The van der Waals surface area contributed by atoms with Crippen LogP contribution in [0.4, 0.5) is 4.39 Å². The van der Waals surface area contributed by atoms with Crippen LogP contribution in [-0.2, 0) is 6.54 Å². The summed E-state index contributed by atoms with van der Waals surface area (Å²) in [5, 5.41) is 12.9. The zero-order valence-corrected chi connectivity index (χ0v) is 11.5. The summed E-state index contributed by atoms with van der Waals surface area (Å²) < 4.78 is 13.7. The average Bonchev–Trinajstić information content (AvgIpc) is 2.78. The molecule has 0 spiro atoms. The third-order valence-corrected chi connectivity index (χ3v) is 3.44. The van der Waals surface area contributed by atoms with Gasteiger partial charge in [0, 0.05) is 18.2 Å². The van der Waals surface area contributed by atoms with Crippen LogP contribution in [0.2, 0.25) is 0 Å². The zero-order chi connectivity index (χ0) is 13.1. The number of nitrogens with zero attached hydrogens (tertiary/aromatic N) is 2. The summed E-state index contributed by atoms with van der Waals surface area (Å²) in [6.07, 6.45) is 0. The predicted octanol–water partition coefficient (Wildman–Crippen LogP) is 3.15. The number of aryl methyl sites for hydroxylation is 1. The highest BCUT2D eigenvalue weighted by Gasteiger charge is 2.11. The van der Waals surface area contributed by atoms with Gasteiger partial charge in [-0.05, 0) is 19.1 Å². The van der Waals surface area contributed by atoms with Crippen molar-refractivity contribution < 1.29 is 4.39 Å². The molecule has 1 aromatic heterocycles. The Balaban J connectivity index is 2.21. The molecular weight excluding hydrogens is 249 g/mol. The van der Waals surface area contributed by atoms with Crippen LogP contribution in [0.5, 0.6) is 0 Å². The number of aromatic nitrogens is 2. The molecule has 0 fully saturated rings. The highest BCUT2D eigenvalue weighted by molar-refractivity contribution is 7.14. The molecule has 3 nitrogen and oxygen atoms in total. The van der Waals surface area contributed by atoms with E-state index in [1.807, 2.05) is 6.92 Å². The SMILES string of the molecule is Cc1ccc(F)c(-c2nnc(CNC(C)C)s2)c1. The van der Waals surface area contributed by atoms with Gasteiger partial charge in [0.2, 0.25) is 0 Å². The lowest BCUT2D eigenvalue weighted by molar-refractivity contribution is 0.585. The maximum Gasteiger partial charge on any atom is 0.150 e. The molecule has 1 heterocycles. The number of hydrogen-bond acceptors (Lipinski definition) is 4. The molecule has 0 saturated heterocycles. The molecule has 0 atom stereocenters. The van der Waals surface area contributed by atoms with Crippen LogP contribution in [0.25, 0.3) is 10.6 Å². The van der Waals surface area contributed by atoms with Crippen LogP contribution in [0.3, 0.4) is 0 Å². The molecule has 5 heteroatoms. The first kappa shape index (κ1) is 13.1. The van der Waals surface area contributed by atoms with Crippen molar-refractivity contribution in [3.05, 3.63) is 34.6 Å². The molecule has 0 saturated carbocycles. The molecule has 0 aliphatic carbocycles. The Hall–Kier alpha value is -1.33. The molecule has 0 unspecified atom stereocenters. The fourth-order valence-electron chi connectivity index (χ4n) is 1.53. The third kappa shape index (κ3) is 3.11. The van der Waals surface area contributed by atoms with E-state index < -0.39 is 0 Å². The maximum absolute atomic E-state index is 13.7. The van der Waals surface area contributed by atoms with Gasteiger partial charge in [-0.15, -0.1) is 10.2 Å². The van der Waals surface area contributed by atoms with Gasteiger partial charge in [-0.3, -0.25) is 0 Å². The number of nitrogens with one attached hydrogen (secondary N) is 1. The number of hydrogen-bond donors (Lipinski definition) is 1. The van der Waals surface area contributed by atoms with Crippen molar-refractivity contribution in [3.63, 3.8) is 0 Å². The predicted molar refractivity (Wildman–Crippen MR) is 72.0 cm³/mol. The fraction of sp³-hybridized carbons (Fsp3) is 0.385. The summed E-state index contributed by atoms with van der Waals surface area (Å²) in [4.78, 5) is 0. The molecule has 1 aromatic carbocycles. The number of benzene rings is 1. The fourth-order valence-corrected chi connectivity index (χ4v) is 2.34. The summed E-state index contributed by atoms with van der Waals surface area (Å²) >= 11 is 1.43. The molecule has 1 N–H and O–H groups in total. The summed E-state index contributed by atoms with van der Waals surface area (Å²) in [5.74, 6) is -0.250. The first-order chi connectivity index (χ1) is 8.56. The van der Waals surface area contributed by atoms with E-state index in [1.165, 1.54) is 17.4 Å². The van der Waals surface area contributed by atoms with E-state index in [4.69, 9.17) is 0 Å². The van der Waals surface area contributed by atoms with E-state index in [9.17, 15) is 4.39 Å². The van der Waals surface area contributed by atoms with Crippen molar-refractivity contribution in [3.8, 4) is 10.6 Å². The molecule has 2 rings (SSSR count). The van der Waals surface area contributed by atoms with Crippen LogP contribution in [0, 0.1) is 12.7 Å². The second-order valence-corrected chi connectivity index (χ2v) is 5.58. The Morgan fingerprint density at radius 2 is 2.11 bits per heavy atom. The Kier molecular flexibility index (Phi) is 4.04. The zero-order valence-electron chi connectivity index (χ0n) is 10.7. The van der Waals surface area contributed by atoms with Gasteiger partial charge >= 0.3 is 0 Å². The number of halogens is 1. The van der Waals surface area contributed by atoms with Gasteiger partial charge in [0.15, 0.2) is 5.01 Å². The van der Waals surface area contributed by atoms with Crippen molar-refractivity contribution in [2.24, 2.45) is 0 Å². The maximum atomic E-state index is 13.7. The summed E-state index contributed by atoms with van der Waals surface area (Å²) in [5.41, 5.74) is 1.55. The highest BCUT2D eigenvalue weighted by atomic mass is 32.1. The topological polar surface area (TPSA) is 37.8 Å². The third-order valence-electron chi connectivity index (χ3n) is 2.48. The minimum atomic E-state index is -0.250. The van der Waals surface area contributed by atoms with Crippen LogP contribution >= 0.6 is 11.3 Å². The Labute approximate surface area is 110 Å². The van der Waals surface area contributed by atoms with Crippen molar-refractivity contribution in [1.29, 1.82) is 0 Å². The van der Waals surface area contributed by atoms with E-state index in [-0.39, 0.29) is 5.82 Å². The first-order valence-electron chi connectivity index (χ1n) is 5.88. The molecular formula is C13H16FN3S. The minimum Gasteiger partial charge on any atom is -0.308 e. The lowest BCUT2D eigenvalue weighted by Gasteiger charge is -2.03. The lowest BCUT2D eigenvalue weighted by Crippen LogP contribution is -2.21. The standard InChI is InChI=1S/C13H16FN3S/c1-8(2)15-7-12-16-17-13(18-12)10-6-9(3)4-5-11(10)14/h4-6,8,15H,7H2,1-3H3. The molecule has 0 radical (unpaired) electrons. The van der Waals surface area contributed by atoms with Crippen LogP contribution in [-0.4, -0.2) is 16.2 Å². The van der Waals surface area contributed by atoms with Crippen molar-refractivity contribution in [2.75, 3.05) is 0 Å². The number of rotatable bonds is 4. The van der Waals surface area contributed by atoms with Crippen LogP contribution < -0.4 is 5.32 Å². The van der Waals surface area contributed by atoms with Gasteiger partial charge in [0.05, 0.1) is 0 Å². The molecule has 2 aromatic rings. The molecule has 96 valence electrons. The molecule has 0 amide bonds. The van der Waals surface area contributed by atoms with Crippen molar-refractivity contribution >= 4 is 11.3 Å². The first-order valence-corrected chi connectivity index (χ1v) is 6.70. The van der Waals surface area contributed by atoms with Crippen LogP contribution in [0.1, 0.15) is 24.4 Å². The second-order valence-electron chi connectivity index (χ2n) is 4.52. The monoisotopic (exact) mass is 265 g/mol. The van der Waals surface area contributed by atoms with E-state index in [2.05, 4.69) is 29.4 Å². The summed E-state index contributed by atoms with van der Waals surface area (Å²) in [6.45, 7) is 6.75. The van der Waals surface area contributed by atoms with E-state index in [1.54, 1.807) is 12.1 Å². The van der Waals surface area contributed by atoms with E-state index in [0.29, 0.717) is 23.2 Å². The highest BCUT2D eigenvalue weighted by Crippen LogP contribution is 2.26. The molecule has 0 bridgehead atoms. The van der Waals surface area contributed by atoms with Gasteiger partial charge in [-0.25, -0.2) is 4.39 Å². The minimum absolute atomic E-state index is 0.250. The summed E-state index contributed by atoms with van der Waals surface area (Å²) in [7, 11) is 0. The quantitative estimate of drug-likeness (QED) is 0.922.